The minimum Gasteiger partial charge on any atom is -0.493 e. The van der Waals surface area contributed by atoms with Gasteiger partial charge in [0.1, 0.15) is 23.4 Å². The number of aromatic nitrogens is 6. The van der Waals surface area contributed by atoms with Gasteiger partial charge in [-0.2, -0.15) is 0 Å². The summed E-state index contributed by atoms with van der Waals surface area (Å²) in [5, 5.41) is 3.93. The molecular formula is C27H30N8O2. The summed E-state index contributed by atoms with van der Waals surface area (Å²) in [6.45, 7) is 3.99. The molecule has 0 saturated heterocycles. The zero-order valence-electron chi connectivity index (χ0n) is 21.2. The van der Waals surface area contributed by atoms with Crippen molar-refractivity contribution in [3.8, 4) is 11.4 Å². The third-order valence-electron chi connectivity index (χ3n) is 6.13. The van der Waals surface area contributed by atoms with Gasteiger partial charge < -0.3 is 19.9 Å². The van der Waals surface area contributed by atoms with Crippen molar-refractivity contribution >= 4 is 27.9 Å². The van der Waals surface area contributed by atoms with E-state index < -0.39 is 0 Å². The first-order valence-electron chi connectivity index (χ1n) is 12.3. The molecule has 5 aromatic rings. The molecule has 0 radical (unpaired) electrons. The van der Waals surface area contributed by atoms with Gasteiger partial charge in [-0.05, 0) is 51.2 Å². The van der Waals surface area contributed by atoms with Gasteiger partial charge in [-0.25, -0.2) is 19.9 Å². The molecule has 0 aliphatic rings. The smallest absolute Gasteiger partial charge is 0.266 e. The largest absolute Gasteiger partial charge is 0.493 e. The average molecular weight is 499 g/mol. The lowest BCUT2D eigenvalue weighted by Crippen LogP contribution is -2.26. The number of fused-ring (bicyclic) bond motifs is 2. The lowest BCUT2D eigenvalue weighted by molar-refractivity contribution is 0.281. The number of hydrogen-bond donors (Lipinski definition) is 2. The van der Waals surface area contributed by atoms with E-state index in [2.05, 4.69) is 30.2 Å². The summed E-state index contributed by atoms with van der Waals surface area (Å²) in [4.78, 5) is 36.6. The molecule has 0 spiro atoms. The number of benzene rings is 2. The number of ether oxygens (including phenoxy) is 1. The van der Waals surface area contributed by atoms with Gasteiger partial charge in [0.05, 0.1) is 29.5 Å². The van der Waals surface area contributed by atoms with Crippen LogP contribution in [0.4, 0.5) is 5.82 Å². The molecule has 2 aromatic carbocycles. The van der Waals surface area contributed by atoms with Crippen LogP contribution in [-0.4, -0.2) is 68.2 Å². The minimum atomic E-state index is -0.0976. The Labute approximate surface area is 214 Å². The van der Waals surface area contributed by atoms with Crippen LogP contribution in [0.15, 0.2) is 59.9 Å². The standard InChI is InChI=1S/C27H30N8O2/c1-18-7-4-10-21-23(18)27(36)35(19-8-5-9-20(15-19)37-14-6-13-34(2)3)22(33-21)11-12-28-25-24-26(30-16-29-24)32-17-31-25/h4-5,7-10,15-17H,6,11-14H2,1-3H3,(H2,28,29,30,31,32). The number of aryl methyl sites for hydroxylation is 1. The quantitative estimate of drug-likeness (QED) is 0.282. The highest BCUT2D eigenvalue weighted by Crippen LogP contribution is 2.21. The van der Waals surface area contributed by atoms with Gasteiger partial charge in [0.25, 0.3) is 5.56 Å². The summed E-state index contributed by atoms with van der Waals surface area (Å²) in [6.07, 6.45) is 4.48. The predicted molar refractivity (Wildman–Crippen MR) is 145 cm³/mol. The van der Waals surface area contributed by atoms with Crippen LogP contribution in [0.5, 0.6) is 5.75 Å². The van der Waals surface area contributed by atoms with Crippen LogP contribution in [0.2, 0.25) is 0 Å². The van der Waals surface area contributed by atoms with Crippen LogP contribution < -0.4 is 15.6 Å². The molecule has 5 rings (SSSR count). The van der Waals surface area contributed by atoms with E-state index in [0.29, 0.717) is 53.3 Å². The number of hydrogen-bond acceptors (Lipinski definition) is 8. The normalized spacial score (nSPS) is 11.5. The monoisotopic (exact) mass is 498 g/mol. The maximum atomic E-state index is 13.8. The van der Waals surface area contributed by atoms with Gasteiger partial charge >= 0.3 is 0 Å². The summed E-state index contributed by atoms with van der Waals surface area (Å²) in [5.41, 5.74) is 3.53. The van der Waals surface area contributed by atoms with Crippen LogP contribution >= 0.6 is 0 Å². The van der Waals surface area contributed by atoms with Crippen molar-refractivity contribution < 1.29 is 4.74 Å². The maximum absolute atomic E-state index is 13.8. The van der Waals surface area contributed by atoms with Crippen LogP contribution in [0.3, 0.4) is 0 Å². The van der Waals surface area contributed by atoms with E-state index in [9.17, 15) is 4.79 Å². The molecule has 0 fully saturated rings. The average Bonchev–Trinajstić information content (AvgIpc) is 3.37. The van der Waals surface area contributed by atoms with Gasteiger partial charge in [-0.1, -0.05) is 18.2 Å². The van der Waals surface area contributed by atoms with Gasteiger partial charge in [0.15, 0.2) is 11.5 Å². The van der Waals surface area contributed by atoms with Gasteiger partial charge in [-0.15, -0.1) is 0 Å². The second-order valence-electron chi connectivity index (χ2n) is 9.14. The highest BCUT2D eigenvalue weighted by molar-refractivity contribution is 5.82. The Kier molecular flexibility index (Phi) is 7.09. The molecule has 2 N–H and O–H groups in total. The lowest BCUT2D eigenvalue weighted by Gasteiger charge is -2.16. The van der Waals surface area contributed by atoms with E-state index in [4.69, 9.17) is 9.72 Å². The summed E-state index contributed by atoms with van der Waals surface area (Å²) in [7, 11) is 4.08. The summed E-state index contributed by atoms with van der Waals surface area (Å²) in [6, 6.07) is 13.4. The molecule has 3 aromatic heterocycles. The van der Waals surface area contributed by atoms with Crippen LogP contribution in [0.25, 0.3) is 27.8 Å². The maximum Gasteiger partial charge on any atom is 0.266 e. The van der Waals surface area contributed by atoms with E-state index in [-0.39, 0.29) is 5.56 Å². The van der Waals surface area contributed by atoms with Crippen molar-refractivity contribution in [3.63, 3.8) is 0 Å². The Bertz CT molecular complexity index is 1590. The predicted octanol–water partition coefficient (Wildman–Crippen LogP) is 3.35. The van der Waals surface area contributed by atoms with Gasteiger partial charge in [-0.3, -0.25) is 9.36 Å². The van der Waals surface area contributed by atoms with E-state index >= 15 is 0 Å². The fraction of sp³-hybridized carbons (Fsp3) is 0.296. The minimum absolute atomic E-state index is 0.0976. The van der Waals surface area contributed by atoms with Crippen molar-refractivity contribution in [3.05, 3.63) is 76.9 Å². The molecule has 0 aliphatic heterocycles. The molecule has 3 heterocycles. The highest BCUT2D eigenvalue weighted by atomic mass is 16.5. The fourth-order valence-corrected chi connectivity index (χ4v) is 4.35. The molecule has 0 amide bonds. The van der Waals surface area contributed by atoms with Gasteiger partial charge in [0, 0.05) is 25.6 Å². The third-order valence-corrected chi connectivity index (χ3v) is 6.13. The Morgan fingerprint density at radius 3 is 2.84 bits per heavy atom. The number of nitrogens with one attached hydrogen (secondary N) is 2. The van der Waals surface area contributed by atoms with E-state index in [1.165, 1.54) is 6.33 Å². The first-order valence-corrected chi connectivity index (χ1v) is 12.3. The van der Waals surface area contributed by atoms with Crippen molar-refractivity contribution in [2.75, 3.05) is 39.1 Å². The Hall–Kier alpha value is -4.31. The van der Waals surface area contributed by atoms with E-state index in [1.54, 1.807) is 10.9 Å². The fourth-order valence-electron chi connectivity index (χ4n) is 4.35. The van der Waals surface area contributed by atoms with E-state index in [0.717, 1.165) is 30.0 Å². The summed E-state index contributed by atoms with van der Waals surface area (Å²) < 4.78 is 7.67. The van der Waals surface area contributed by atoms with Crippen molar-refractivity contribution in [2.24, 2.45) is 0 Å². The molecule has 0 saturated carbocycles. The van der Waals surface area contributed by atoms with Crippen molar-refractivity contribution in [2.45, 2.75) is 19.8 Å². The van der Waals surface area contributed by atoms with Gasteiger partial charge in [0.2, 0.25) is 0 Å². The molecule has 0 bridgehead atoms. The molecule has 10 heteroatoms. The first-order chi connectivity index (χ1) is 18.0. The zero-order valence-corrected chi connectivity index (χ0v) is 21.2. The SMILES string of the molecule is Cc1cccc2nc(CCNc3ncnc4[nH]cnc34)n(-c3cccc(OCCCN(C)C)c3)c(=O)c12. The van der Waals surface area contributed by atoms with Crippen molar-refractivity contribution in [1.29, 1.82) is 0 Å². The molecule has 37 heavy (non-hydrogen) atoms. The second kappa shape index (κ2) is 10.8. The number of aromatic amines is 1. The van der Waals surface area contributed by atoms with Crippen LogP contribution in [-0.2, 0) is 6.42 Å². The number of imidazole rings is 1. The van der Waals surface area contributed by atoms with Crippen molar-refractivity contribution in [1.82, 2.24) is 34.4 Å². The van der Waals surface area contributed by atoms with E-state index in [1.807, 2.05) is 63.5 Å². The second-order valence-corrected chi connectivity index (χ2v) is 9.14. The Morgan fingerprint density at radius 2 is 1.97 bits per heavy atom. The molecule has 0 atom stereocenters. The highest BCUT2D eigenvalue weighted by Gasteiger charge is 2.15. The number of nitrogens with zero attached hydrogens (tertiary/aromatic N) is 6. The molecule has 10 nitrogen and oxygen atoms in total. The Balaban J connectivity index is 1.46. The Morgan fingerprint density at radius 1 is 1.11 bits per heavy atom. The zero-order chi connectivity index (χ0) is 25.8. The van der Waals surface area contributed by atoms with Crippen LogP contribution in [0.1, 0.15) is 17.8 Å². The molecule has 0 unspecified atom stereocenters. The van der Waals surface area contributed by atoms with Crippen LogP contribution in [0, 0.1) is 6.92 Å². The number of anilines is 1. The number of rotatable bonds is 10. The summed E-state index contributed by atoms with van der Waals surface area (Å²) >= 11 is 0. The molecule has 190 valence electrons. The first kappa shape index (κ1) is 24.4. The number of H-pyrrole nitrogens is 1. The topological polar surface area (TPSA) is 114 Å². The molecular weight excluding hydrogens is 468 g/mol. The third kappa shape index (κ3) is 5.29. The summed E-state index contributed by atoms with van der Waals surface area (Å²) in [5.74, 6) is 2.00. The lowest BCUT2D eigenvalue weighted by atomic mass is 10.1. The molecule has 0 aliphatic carbocycles.